The molecule has 0 aliphatic carbocycles. The summed E-state index contributed by atoms with van der Waals surface area (Å²) in [5.74, 6) is 0.885. The summed E-state index contributed by atoms with van der Waals surface area (Å²) in [6, 6.07) is 2.63. The Bertz CT molecular complexity index is 353. The molecule has 2 N–H and O–H groups in total. The zero-order valence-corrected chi connectivity index (χ0v) is 12.8. The van der Waals surface area contributed by atoms with Crippen molar-refractivity contribution in [3.63, 3.8) is 0 Å². The second-order valence-corrected chi connectivity index (χ2v) is 7.16. The highest BCUT2D eigenvalue weighted by atomic mass is 79.9. The minimum absolute atomic E-state index is 0.416. The SMILES string of the molecule is CCCC1CCN(C(CN)c2csc(Br)c2)C1. The standard InChI is InChI=1S/C13H21BrN2S/c1-2-3-10-4-5-16(8-10)12(7-15)11-6-13(14)17-9-11/h6,9-10,12H,2-5,7-8,15H2,1H3. The van der Waals surface area contributed by atoms with Gasteiger partial charge in [-0.3, -0.25) is 4.90 Å². The fourth-order valence-electron chi connectivity index (χ4n) is 2.78. The molecule has 2 nitrogen and oxygen atoms in total. The normalized spacial score (nSPS) is 23.1. The van der Waals surface area contributed by atoms with Crippen LogP contribution in [-0.2, 0) is 0 Å². The quantitative estimate of drug-likeness (QED) is 0.898. The van der Waals surface area contributed by atoms with Crippen molar-refractivity contribution < 1.29 is 0 Å². The first-order valence-corrected chi connectivity index (χ1v) is 8.10. The van der Waals surface area contributed by atoms with Gasteiger partial charge in [-0.15, -0.1) is 11.3 Å². The number of hydrogen-bond acceptors (Lipinski definition) is 3. The molecule has 1 fully saturated rings. The third-order valence-electron chi connectivity index (χ3n) is 3.65. The summed E-state index contributed by atoms with van der Waals surface area (Å²) in [6.45, 7) is 5.43. The van der Waals surface area contributed by atoms with Crippen LogP contribution >= 0.6 is 27.3 Å². The summed E-state index contributed by atoms with van der Waals surface area (Å²) in [5.41, 5.74) is 7.34. The second-order valence-electron chi connectivity index (χ2n) is 4.87. The molecule has 1 aliphatic heterocycles. The summed E-state index contributed by atoms with van der Waals surface area (Å²) < 4.78 is 1.20. The maximum atomic E-state index is 5.96. The molecule has 2 rings (SSSR count). The van der Waals surface area contributed by atoms with Crippen LogP contribution < -0.4 is 5.73 Å². The third kappa shape index (κ3) is 3.31. The molecule has 1 aromatic heterocycles. The average Bonchev–Trinajstić information content (AvgIpc) is 2.91. The Hall–Kier alpha value is 0.100. The minimum Gasteiger partial charge on any atom is -0.329 e. The Morgan fingerprint density at radius 2 is 2.47 bits per heavy atom. The lowest BCUT2D eigenvalue weighted by Crippen LogP contribution is -2.31. The molecule has 2 unspecified atom stereocenters. The van der Waals surface area contributed by atoms with Crippen molar-refractivity contribution in [2.45, 2.75) is 32.2 Å². The van der Waals surface area contributed by atoms with Crippen LogP contribution in [0.4, 0.5) is 0 Å². The molecule has 0 radical (unpaired) electrons. The predicted molar refractivity (Wildman–Crippen MR) is 78.4 cm³/mol. The van der Waals surface area contributed by atoms with Gasteiger partial charge in [0.05, 0.1) is 3.79 Å². The smallest absolute Gasteiger partial charge is 0.0701 e. The van der Waals surface area contributed by atoms with E-state index in [1.807, 2.05) is 0 Å². The number of thiophene rings is 1. The van der Waals surface area contributed by atoms with Gasteiger partial charge in [0.2, 0.25) is 0 Å². The first kappa shape index (κ1) is 13.5. The summed E-state index contributed by atoms with van der Waals surface area (Å²) in [7, 11) is 0. The molecule has 0 spiro atoms. The van der Waals surface area contributed by atoms with E-state index in [0.29, 0.717) is 6.04 Å². The van der Waals surface area contributed by atoms with Crippen molar-refractivity contribution in [2.24, 2.45) is 11.7 Å². The van der Waals surface area contributed by atoms with Gasteiger partial charge in [0.15, 0.2) is 0 Å². The zero-order valence-electron chi connectivity index (χ0n) is 10.4. The molecule has 0 saturated carbocycles. The fraction of sp³-hybridized carbons (Fsp3) is 0.692. The highest BCUT2D eigenvalue weighted by molar-refractivity contribution is 9.11. The molecule has 4 heteroatoms. The van der Waals surface area contributed by atoms with Crippen molar-refractivity contribution in [2.75, 3.05) is 19.6 Å². The van der Waals surface area contributed by atoms with Gasteiger partial charge in [-0.05, 0) is 58.2 Å². The van der Waals surface area contributed by atoms with Crippen LogP contribution in [0.3, 0.4) is 0 Å². The van der Waals surface area contributed by atoms with Crippen LogP contribution in [0.2, 0.25) is 0 Å². The number of nitrogens with two attached hydrogens (primary N) is 1. The Labute approximate surface area is 116 Å². The predicted octanol–water partition coefficient (Wildman–Crippen LogP) is 3.63. The number of rotatable bonds is 5. The van der Waals surface area contributed by atoms with Gasteiger partial charge in [-0.1, -0.05) is 13.3 Å². The molecule has 0 aromatic carbocycles. The molecule has 17 heavy (non-hydrogen) atoms. The molecular formula is C13H21BrN2S. The molecule has 0 bridgehead atoms. The van der Waals surface area contributed by atoms with E-state index in [1.165, 1.54) is 41.7 Å². The summed E-state index contributed by atoms with van der Waals surface area (Å²) in [4.78, 5) is 2.56. The van der Waals surface area contributed by atoms with Crippen molar-refractivity contribution in [3.8, 4) is 0 Å². The lowest BCUT2D eigenvalue weighted by Gasteiger charge is -2.26. The van der Waals surface area contributed by atoms with Crippen LogP contribution in [0.5, 0.6) is 0 Å². The van der Waals surface area contributed by atoms with Crippen LogP contribution in [0, 0.1) is 5.92 Å². The monoisotopic (exact) mass is 316 g/mol. The maximum Gasteiger partial charge on any atom is 0.0701 e. The molecule has 2 atom stereocenters. The van der Waals surface area contributed by atoms with E-state index in [9.17, 15) is 0 Å². The second kappa shape index (κ2) is 6.32. The van der Waals surface area contributed by atoms with Crippen molar-refractivity contribution in [1.82, 2.24) is 4.90 Å². The summed E-state index contributed by atoms with van der Waals surface area (Å²) >= 11 is 5.29. The van der Waals surface area contributed by atoms with E-state index in [4.69, 9.17) is 5.73 Å². The highest BCUT2D eigenvalue weighted by Gasteiger charge is 2.28. The molecule has 1 aliphatic rings. The average molecular weight is 317 g/mol. The Balaban J connectivity index is 2.00. The van der Waals surface area contributed by atoms with Crippen LogP contribution in [0.25, 0.3) is 0 Å². The van der Waals surface area contributed by atoms with Crippen LogP contribution in [0.1, 0.15) is 37.8 Å². The number of likely N-dealkylation sites (tertiary alicyclic amines) is 1. The van der Waals surface area contributed by atoms with E-state index < -0.39 is 0 Å². The Morgan fingerprint density at radius 3 is 3.06 bits per heavy atom. The van der Waals surface area contributed by atoms with Gasteiger partial charge < -0.3 is 5.73 Å². The minimum atomic E-state index is 0.416. The molecule has 1 aromatic rings. The van der Waals surface area contributed by atoms with Crippen LogP contribution in [0.15, 0.2) is 15.2 Å². The van der Waals surface area contributed by atoms with Gasteiger partial charge >= 0.3 is 0 Å². The van der Waals surface area contributed by atoms with Gasteiger partial charge in [0, 0.05) is 19.1 Å². The van der Waals surface area contributed by atoms with Gasteiger partial charge in [-0.25, -0.2) is 0 Å². The van der Waals surface area contributed by atoms with E-state index in [0.717, 1.165) is 12.5 Å². The fourth-order valence-corrected chi connectivity index (χ4v) is 4.01. The van der Waals surface area contributed by atoms with Crippen molar-refractivity contribution in [3.05, 3.63) is 20.8 Å². The largest absolute Gasteiger partial charge is 0.329 e. The third-order valence-corrected chi connectivity index (χ3v) is 5.17. The zero-order chi connectivity index (χ0) is 12.3. The summed E-state index contributed by atoms with van der Waals surface area (Å²) in [5, 5.41) is 2.23. The van der Waals surface area contributed by atoms with Crippen molar-refractivity contribution >= 4 is 27.3 Å². The van der Waals surface area contributed by atoms with E-state index in [1.54, 1.807) is 11.3 Å². The lowest BCUT2D eigenvalue weighted by molar-refractivity contribution is 0.240. The maximum absolute atomic E-state index is 5.96. The first-order chi connectivity index (χ1) is 8.24. The molecule has 1 saturated heterocycles. The van der Waals surface area contributed by atoms with Gasteiger partial charge in [0.25, 0.3) is 0 Å². The molecule has 2 heterocycles. The number of nitrogens with zero attached hydrogens (tertiary/aromatic N) is 1. The highest BCUT2D eigenvalue weighted by Crippen LogP contribution is 2.32. The van der Waals surface area contributed by atoms with E-state index in [2.05, 4.69) is 39.2 Å². The molecular weight excluding hydrogens is 296 g/mol. The molecule has 96 valence electrons. The van der Waals surface area contributed by atoms with E-state index in [-0.39, 0.29) is 0 Å². The molecule has 0 amide bonds. The number of hydrogen-bond donors (Lipinski definition) is 1. The van der Waals surface area contributed by atoms with Gasteiger partial charge in [0.1, 0.15) is 0 Å². The van der Waals surface area contributed by atoms with Gasteiger partial charge in [-0.2, -0.15) is 0 Å². The topological polar surface area (TPSA) is 29.3 Å². The Morgan fingerprint density at radius 1 is 1.65 bits per heavy atom. The number of halogens is 1. The first-order valence-electron chi connectivity index (χ1n) is 6.42. The van der Waals surface area contributed by atoms with Crippen LogP contribution in [-0.4, -0.2) is 24.5 Å². The lowest BCUT2D eigenvalue weighted by atomic mass is 10.0. The van der Waals surface area contributed by atoms with Crippen molar-refractivity contribution in [1.29, 1.82) is 0 Å². The summed E-state index contributed by atoms with van der Waals surface area (Å²) in [6.07, 6.45) is 4.01. The Kier molecular flexibility index (Phi) is 5.03. The van der Waals surface area contributed by atoms with E-state index >= 15 is 0 Å².